The van der Waals surface area contributed by atoms with Gasteiger partial charge >= 0.3 is 0 Å². The lowest BCUT2D eigenvalue weighted by Gasteiger charge is -2.32. The first-order valence-corrected chi connectivity index (χ1v) is 9.85. The van der Waals surface area contributed by atoms with Crippen LogP contribution in [0.2, 0.25) is 0 Å². The Labute approximate surface area is 167 Å². The molecule has 1 fully saturated rings. The molecule has 0 bridgehead atoms. The van der Waals surface area contributed by atoms with E-state index in [4.69, 9.17) is 0 Å². The van der Waals surface area contributed by atoms with Gasteiger partial charge in [0.05, 0.1) is 5.56 Å². The van der Waals surface area contributed by atoms with E-state index in [1.165, 1.54) is 0 Å². The van der Waals surface area contributed by atoms with Gasteiger partial charge in [0.2, 0.25) is 0 Å². The van der Waals surface area contributed by atoms with Gasteiger partial charge in [-0.2, -0.15) is 0 Å². The summed E-state index contributed by atoms with van der Waals surface area (Å²) >= 11 is 3.42. The van der Waals surface area contributed by atoms with Crippen LogP contribution in [0.25, 0.3) is 0 Å². The third-order valence-corrected chi connectivity index (χ3v) is 5.54. The van der Waals surface area contributed by atoms with Crippen LogP contribution < -0.4 is 5.32 Å². The maximum Gasteiger partial charge on any atom is 0.257 e. The van der Waals surface area contributed by atoms with Crippen LogP contribution in [0, 0.1) is 12.8 Å². The monoisotopic (exact) mass is 430 g/mol. The van der Waals surface area contributed by atoms with E-state index in [-0.39, 0.29) is 24.3 Å². The molecule has 142 valence electrons. The van der Waals surface area contributed by atoms with Crippen LogP contribution in [-0.2, 0) is 0 Å². The Morgan fingerprint density at radius 1 is 1.26 bits per heavy atom. The summed E-state index contributed by atoms with van der Waals surface area (Å²) in [5, 5.41) is 12.2. The van der Waals surface area contributed by atoms with E-state index in [9.17, 15) is 14.7 Å². The fourth-order valence-electron chi connectivity index (χ4n) is 3.42. The standard InChI is InChI=1S/C21H23BrN2O3/c1-14-5-2-9-18(22)19(14)20(26)23-17-8-3-7-16(11-17)21(27)24-10-4-6-15(12-24)13-25/h2-3,5,7-9,11,15,25H,4,6,10,12-13H2,1H3,(H,23,26)/t15-/m1/s1. The number of nitrogens with zero attached hydrogens (tertiary/aromatic N) is 1. The highest BCUT2D eigenvalue weighted by Gasteiger charge is 2.24. The van der Waals surface area contributed by atoms with Gasteiger partial charge in [0.25, 0.3) is 11.8 Å². The van der Waals surface area contributed by atoms with Gasteiger partial charge in [-0.15, -0.1) is 0 Å². The summed E-state index contributed by atoms with van der Waals surface area (Å²) < 4.78 is 0.732. The molecule has 0 radical (unpaired) electrons. The van der Waals surface area contributed by atoms with Crippen LogP contribution in [0.5, 0.6) is 0 Å². The molecule has 2 aromatic carbocycles. The fraction of sp³-hybridized carbons (Fsp3) is 0.333. The number of carbonyl (C=O) groups excluding carboxylic acids is 2. The zero-order valence-electron chi connectivity index (χ0n) is 15.2. The fourth-order valence-corrected chi connectivity index (χ4v) is 4.07. The first-order chi connectivity index (χ1) is 13.0. The number of amides is 2. The van der Waals surface area contributed by atoms with Crippen LogP contribution in [0.1, 0.15) is 39.1 Å². The highest BCUT2D eigenvalue weighted by molar-refractivity contribution is 9.10. The summed E-state index contributed by atoms with van der Waals surface area (Å²) in [6, 6.07) is 12.6. The Balaban J connectivity index is 1.75. The number of aryl methyl sites for hydroxylation is 1. The molecule has 3 rings (SSSR count). The number of hydrogen-bond acceptors (Lipinski definition) is 3. The minimum atomic E-state index is -0.220. The van der Waals surface area contributed by atoms with Crippen molar-refractivity contribution >= 4 is 33.4 Å². The molecule has 0 saturated carbocycles. The quantitative estimate of drug-likeness (QED) is 0.773. The first kappa shape index (κ1) is 19.6. The zero-order chi connectivity index (χ0) is 19.4. The molecule has 2 amide bonds. The molecular formula is C21H23BrN2O3. The average molecular weight is 431 g/mol. The number of halogens is 1. The zero-order valence-corrected chi connectivity index (χ0v) is 16.8. The van der Waals surface area contributed by atoms with E-state index < -0.39 is 0 Å². The predicted molar refractivity (Wildman–Crippen MR) is 109 cm³/mol. The lowest BCUT2D eigenvalue weighted by Crippen LogP contribution is -2.40. The molecule has 5 nitrogen and oxygen atoms in total. The minimum absolute atomic E-state index is 0.0682. The number of anilines is 1. The Morgan fingerprint density at radius 2 is 2.04 bits per heavy atom. The van der Waals surface area contributed by atoms with E-state index >= 15 is 0 Å². The van der Waals surface area contributed by atoms with E-state index in [2.05, 4.69) is 21.2 Å². The molecule has 1 aliphatic rings. The molecule has 2 N–H and O–H groups in total. The van der Waals surface area contributed by atoms with Crippen LogP contribution in [0.4, 0.5) is 5.69 Å². The Bertz CT molecular complexity index is 833. The maximum absolute atomic E-state index is 12.8. The van der Waals surface area contributed by atoms with Gasteiger partial charge in [-0.1, -0.05) is 18.2 Å². The molecule has 0 spiro atoms. The van der Waals surface area contributed by atoms with Crippen LogP contribution in [0.3, 0.4) is 0 Å². The second-order valence-electron chi connectivity index (χ2n) is 6.91. The third kappa shape index (κ3) is 4.57. The van der Waals surface area contributed by atoms with Crippen molar-refractivity contribution in [3.8, 4) is 0 Å². The summed E-state index contributed by atoms with van der Waals surface area (Å²) in [5.41, 5.74) is 2.57. The number of aliphatic hydroxyl groups is 1. The van der Waals surface area contributed by atoms with Crippen molar-refractivity contribution in [2.24, 2.45) is 5.92 Å². The van der Waals surface area contributed by atoms with Crippen molar-refractivity contribution in [2.45, 2.75) is 19.8 Å². The Morgan fingerprint density at radius 3 is 2.78 bits per heavy atom. The van der Waals surface area contributed by atoms with Crippen LogP contribution in [0.15, 0.2) is 46.9 Å². The molecule has 1 heterocycles. The molecule has 27 heavy (non-hydrogen) atoms. The van der Waals surface area contributed by atoms with Gasteiger partial charge in [0.15, 0.2) is 0 Å². The van der Waals surface area contributed by atoms with Gasteiger partial charge in [-0.3, -0.25) is 9.59 Å². The number of rotatable bonds is 4. The predicted octanol–water partition coefficient (Wildman–Crippen LogP) is 3.85. The molecule has 1 aliphatic heterocycles. The lowest BCUT2D eigenvalue weighted by atomic mass is 9.98. The summed E-state index contributed by atoms with van der Waals surface area (Å²) in [7, 11) is 0. The smallest absolute Gasteiger partial charge is 0.257 e. The van der Waals surface area contributed by atoms with Crippen LogP contribution >= 0.6 is 15.9 Å². The summed E-state index contributed by atoms with van der Waals surface area (Å²) in [5.74, 6) is -0.145. The normalized spacial score (nSPS) is 16.9. The molecule has 1 saturated heterocycles. The topological polar surface area (TPSA) is 69.6 Å². The molecule has 0 aromatic heterocycles. The summed E-state index contributed by atoms with van der Waals surface area (Å²) in [6.45, 7) is 3.25. The SMILES string of the molecule is Cc1cccc(Br)c1C(=O)Nc1cccc(C(=O)N2CCC[C@@H](CO)C2)c1. The minimum Gasteiger partial charge on any atom is -0.396 e. The largest absolute Gasteiger partial charge is 0.396 e. The van der Waals surface area contributed by atoms with E-state index in [0.29, 0.717) is 29.9 Å². The van der Waals surface area contributed by atoms with Gasteiger partial charge < -0.3 is 15.3 Å². The first-order valence-electron chi connectivity index (χ1n) is 9.06. The number of likely N-dealkylation sites (tertiary alicyclic amines) is 1. The highest BCUT2D eigenvalue weighted by atomic mass is 79.9. The maximum atomic E-state index is 12.8. The number of nitrogens with one attached hydrogen (secondary N) is 1. The van der Waals surface area contributed by atoms with Gasteiger partial charge in [-0.05, 0) is 71.4 Å². The average Bonchev–Trinajstić information content (AvgIpc) is 2.67. The second-order valence-corrected chi connectivity index (χ2v) is 7.76. The number of carbonyl (C=O) groups is 2. The van der Waals surface area contributed by atoms with Crippen molar-refractivity contribution in [3.63, 3.8) is 0 Å². The number of aliphatic hydroxyl groups excluding tert-OH is 1. The molecule has 1 atom stereocenters. The van der Waals surface area contributed by atoms with E-state index in [1.54, 1.807) is 29.2 Å². The molecular weight excluding hydrogens is 408 g/mol. The van der Waals surface area contributed by atoms with Crippen molar-refractivity contribution in [2.75, 3.05) is 25.0 Å². The number of benzene rings is 2. The molecule has 0 unspecified atom stereocenters. The number of piperidine rings is 1. The van der Waals surface area contributed by atoms with Crippen LogP contribution in [-0.4, -0.2) is 41.5 Å². The van der Waals surface area contributed by atoms with Crippen molar-refractivity contribution < 1.29 is 14.7 Å². The molecule has 6 heteroatoms. The van der Waals surface area contributed by atoms with Crippen molar-refractivity contribution in [1.29, 1.82) is 0 Å². The van der Waals surface area contributed by atoms with Gasteiger partial charge in [0.1, 0.15) is 0 Å². The van der Waals surface area contributed by atoms with E-state index in [0.717, 1.165) is 22.9 Å². The highest BCUT2D eigenvalue weighted by Crippen LogP contribution is 2.23. The Kier molecular flexibility index (Phi) is 6.29. The van der Waals surface area contributed by atoms with Crippen molar-refractivity contribution in [3.05, 3.63) is 63.6 Å². The molecule has 0 aliphatic carbocycles. The summed E-state index contributed by atoms with van der Waals surface area (Å²) in [4.78, 5) is 27.2. The van der Waals surface area contributed by atoms with Crippen molar-refractivity contribution in [1.82, 2.24) is 4.90 Å². The second kappa shape index (κ2) is 8.67. The third-order valence-electron chi connectivity index (χ3n) is 4.88. The lowest BCUT2D eigenvalue weighted by molar-refractivity contribution is 0.0620. The summed E-state index contributed by atoms with van der Waals surface area (Å²) in [6.07, 6.45) is 1.84. The van der Waals surface area contributed by atoms with E-state index in [1.807, 2.05) is 25.1 Å². The van der Waals surface area contributed by atoms with Gasteiger partial charge in [-0.25, -0.2) is 0 Å². The molecule has 2 aromatic rings. The Hall–Kier alpha value is -2.18. The van der Waals surface area contributed by atoms with Gasteiger partial charge in [0, 0.05) is 35.4 Å². The number of hydrogen-bond donors (Lipinski definition) is 2.